The van der Waals surface area contributed by atoms with Crippen molar-refractivity contribution >= 4 is 5.78 Å². The molecule has 2 atom stereocenters. The smallest absolute Gasteiger partial charge is 0.198 e. The van der Waals surface area contributed by atoms with Gasteiger partial charge in [0, 0.05) is 0 Å². The van der Waals surface area contributed by atoms with E-state index < -0.39 is 41.7 Å². The fourth-order valence-electron chi connectivity index (χ4n) is 1.18. The van der Waals surface area contributed by atoms with Crippen molar-refractivity contribution in [3.8, 4) is 0 Å². The van der Waals surface area contributed by atoms with Gasteiger partial charge in [0.2, 0.25) is 0 Å². The summed E-state index contributed by atoms with van der Waals surface area (Å²) in [5, 5.41) is 17.9. The molecule has 0 aliphatic rings. The van der Waals surface area contributed by atoms with E-state index in [1.165, 1.54) is 0 Å². The van der Waals surface area contributed by atoms with Crippen molar-refractivity contribution < 1.29 is 23.8 Å². The molecule has 0 fully saturated rings. The van der Waals surface area contributed by atoms with Crippen LogP contribution in [-0.4, -0.2) is 34.7 Å². The number of aliphatic hydroxyl groups excluding tert-OH is 2. The Bertz CT molecular complexity index is 377. The Morgan fingerprint density at radius 1 is 1.38 bits per heavy atom. The Labute approximate surface area is 90.3 Å². The second-order valence-electron chi connectivity index (χ2n) is 3.25. The van der Waals surface area contributed by atoms with Crippen LogP contribution < -0.4 is 5.73 Å². The number of carbonyl (C=O) groups excluding carboxylic acids is 1. The molecule has 0 heterocycles. The van der Waals surface area contributed by atoms with Crippen LogP contribution in [0.2, 0.25) is 0 Å². The van der Waals surface area contributed by atoms with Crippen LogP contribution in [0.4, 0.5) is 8.78 Å². The average Bonchev–Trinajstić information content (AvgIpc) is 2.26. The molecule has 6 heteroatoms. The maximum atomic E-state index is 13.2. The van der Waals surface area contributed by atoms with Crippen LogP contribution >= 0.6 is 0 Å². The number of Topliss-reactive ketones (excluding diaryl/α,β-unsaturated/α-hetero) is 1. The van der Waals surface area contributed by atoms with E-state index in [4.69, 9.17) is 10.8 Å². The van der Waals surface area contributed by atoms with E-state index in [2.05, 4.69) is 0 Å². The summed E-state index contributed by atoms with van der Waals surface area (Å²) in [5.41, 5.74) is 4.34. The molecular formula is C10H11F2NO3. The topological polar surface area (TPSA) is 83.6 Å². The normalized spacial score (nSPS) is 14.6. The van der Waals surface area contributed by atoms with Crippen molar-refractivity contribution in [3.63, 3.8) is 0 Å². The van der Waals surface area contributed by atoms with Crippen LogP contribution in [-0.2, 0) is 0 Å². The molecule has 0 aliphatic heterocycles. The highest BCUT2D eigenvalue weighted by Gasteiger charge is 2.28. The summed E-state index contributed by atoms with van der Waals surface area (Å²) in [6, 6.07) is 1.62. The Morgan fingerprint density at radius 3 is 2.31 bits per heavy atom. The van der Waals surface area contributed by atoms with Crippen molar-refractivity contribution in [1.82, 2.24) is 0 Å². The average molecular weight is 231 g/mol. The van der Waals surface area contributed by atoms with Gasteiger partial charge in [0.15, 0.2) is 5.78 Å². The van der Waals surface area contributed by atoms with Gasteiger partial charge in [-0.3, -0.25) is 4.79 Å². The van der Waals surface area contributed by atoms with Crippen LogP contribution in [0.15, 0.2) is 18.2 Å². The predicted octanol–water partition coefficient (Wildman–Crippen LogP) is -0.172. The molecule has 0 saturated heterocycles. The number of hydrogen-bond acceptors (Lipinski definition) is 4. The molecule has 0 amide bonds. The van der Waals surface area contributed by atoms with Gasteiger partial charge in [-0.25, -0.2) is 8.78 Å². The lowest BCUT2D eigenvalue weighted by atomic mass is 10.0. The van der Waals surface area contributed by atoms with Gasteiger partial charge in [-0.1, -0.05) is 6.07 Å². The lowest BCUT2D eigenvalue weighted by Gasteiger charge is -2.15. The van der Waals surface area contributed by atoms with Crippen molar-refractivity contribution in [2.45, 2.75) is 12.1 Å². The quantitative estimate of drug-likeness (QED) is 0.628. The zero-order chi connectivity index (χ0) is 12.3. The largest absolute Gasteiger partial charge is 0.395 e. The zero-order valence-electron chi connectivity index (χ0n) is 8.23. The standard InChI is InChI=1S/C10H11F2NO3/c11-5-2-1-3-6(12)8(5)10(16)9(15)7(13)4-14/h1-3,7,9,14-15H,4,13H2. The third-order valence-corrected chi connectivity index (χ3v) is 2.09. The highest BCUT2D eigenvalue weighted by molar-refractivity contribution is 6.00. The first-order valence-electron chi connectivity index (χ1n) is 4.51. The third-order valence-electron chi connectivity index (χ3n) is 2.09. The third kappa shape index (κ3) is 2.41. The molecule has 0 saturated carbocycles. The molecule has 0 spiro atoms. The maximum Gasteiger partial charge on any atom is 0.198 e. The number of nitrogens with two attached hydrogens (primary N) is 1. The van der Waals surface area contributed by atoms with E-state index in [0.29, 0.717) is 0 Å². The molecule has 2 unspecified atom stereocenters. The molecule has 88 valence electrons. The second kappa shape index (κ2) is 5.11. The lowest BCUT2D eigenvalue weighted by Crippen LogP contribution is -2.43. The predicted molar refractivity (Wildman–Crippen MR) is 51.8 cm³/mol. The maximum absolute atomic E-state index is 13.2. The molecule has 1 aromatic rings. The summed E-state index contributed by atoms with van der Waals surface area (Å²) >= 11 is 0. The molecule has 0 radical (unpaired) electrons. The zero-order valence-corrected chi connectivity index (χ0v) is 8.23. The minimum Gasteiger partial charge on any atom is -0.395 e. The number of hydrogen-bond donors (Lipinski definition) is 3. The lowest BCUT2D eigenvalue weighted by molar-refractivity contribution is 0.0618. The number of ketones is 1. The Balaban J connectivity index is 3.05. The fourth-order valence-corrected chi connectivity index (χ4v) is 1.18. The summed E-state index contributed by atoms with van der Waals surface area (Å²) < 4.78 is 26.3. The molecule has 1 aromatic carbocycles. The molecule has 1 rings (SSSR count). The molecule has 0 aliphatic carbocycles. The van der Waals surface area contributed by atoms with Gasteiger partial charge in [0.25, 0.3) is 0 Å². The fraction of sp³-hybridized carbons (Fsp3) is 0.300. The summed E-state index contributed by atoms with van der Waals surface area (Å²) in [5.74, 6) is -3.33. The molecule has 0 aromatic heterocycles. The van der Waals surface area contributed by atoms with Crippen LogP contribution in [0, 0.1) is 11.6 Å². The molecule has 4 N–H and O–H groups in total. The van der Waals surface area contributed by atoms with Crippen molar-refractivity contribution in [3.05, 3.63) is 35.4 Å². The highest BCUT2D eigenvalue weighted by Crippen LogP contribution is 2.15. The molecule has 4 nitrogen and oxygen atoms in total. The van der Waals surface area contributed by atoms with E-state index in [0.717, 1.165) is 18.2 Å². The minimum absolute atomic E-state index is 0.664. The van der Waals surface area contributed by atoms with E-state index in [9.17, 15) is 18.7 Å². The van der Waals surface area contributed by atoms with Crippen molar-refractivity contribution in [2.24, 2.45) is 5.73 Å². The minimum atomic E-state index is -1.84. The highest BCUT2D eigenvalue weighted by atomic mass is 19.1. The van der Waals surface area contributed by atoms with Gasteiger partial charge in [0.1, 0.15) is 17.7 Å². The van der Waals surface area contributed by atoms with Gasteiger partial charge in [-0.05, 0) is 12.1 Å². The number of carbonyl (C=O) groups is 1. The number of benzene rings is 1. The Hall–Kier alpha value is -1.37. The number of aliphatic hydroxyl groups is 2. The summed E-state index contributed by atoms with van der Waals surface area (Å²) in [7, 11) is 0. The van der Waals surface area contributed by atoms with Gasteiger partial charge in [-0.2, -0.15) is 0 Å². The van der Waals surface area contributed by atoms with Gasteiger partial charge in [0.05, 0.1) is 18.2 Å². The monoisotopic (exact) mass is 231 g/mol. The SMILES string of the molecule is NC(CO)C(O)C(=O)c1c(F)cccc1F. The van der Waals surface area contributed by atoms with Gasteiger partial charge < -0.3 is 15.9 Å². The van der Waals surface area contributed by atoms with Crippen LogP contribution in [0.3, 0.4) is 0 Å². The number of halogens is 2. The van der Waals surface area contributed by atoms with E-state index >= 15 is 0 Å². The molecular weight excluding hydrogens is 220 g/mol. The Kier molecular flexibility index (Phi) is 4.05. The van der Waals surface area contributed by atoms with Crippen LogP contribution in [0.1, 0.15) is 10.4 Å². The van der Waals surface area contributed by atoms with E-state index in [1.54, 1.807) is 0 Å². The van der Waals surface area contributed by atoms with E-state index in [-0.39, 0.29) is 0 Å². The van der Waals surface area contributed by atoms with Crippen molar-refractivity contribution in [1.29, 1.82) is 0 Å². The summed E-state index contributed by atoms with van der Waals surface area (Å²) in [6.07, 6.45) is -1.84. The van der Waals surface area contributed by atoms with Crippen LogP contribution in [0.25, 0.3) is 0 Å². The first-order chi connectivity index (χ1) is 7.49. The Morgan fingerprint density at radius 2 is 1.88 bits per heavy atom. The first kappa shape index (κ1) is 12.7. The van der Waals surface area contributed by atoms with Gasteiger partial charge in [-0.15, -0.1) is 0 Å². The van der Waals surface area contributed by atoms with E-state index in [1.807, 2.05) is 0 Å². The van der Waals surface area contributed by atoms with Crippen LogP contribution in [0.5, 0.6) is 0 Å². The second-order valence-corrected chi connectivity index (χ2v) is 3.25. The summed E-state index contributed by atoms with van der Waals surface area (Å²) in [6.45, 7) is -0.664. The summed E-state index contributed by atoms with van der Waals surface area (Å²) in [4.78, 5) is 11.5. The molecule has 16 heavy (non-hydrogen) atoms. The molecule has 0 bridgehead atoms. The van der Waals surface area contributed by atoms with Gasteiger partial charge >= 0.3 is 0 Å². The number of rotatable bonds is 4. The van der Waals surface area contributed by atoms with Crippen molar-refractivity contribution in [2.75, 3.05) is 6.61 Å². The first-order valence-corrected chi connectivity index (χ1v) is 4.51.